The van der Waals surface area contributed by atoms with Gasteiger partial charge in [-0.2, -0.15) is 0 Å². The lowest BCUT2D eigenvalue weighted by Gasteiger charge is -2.31. The number of carboxylic acid groups (broad SMARTS) is 1. The van der Waals surface area contributed by atoms with E-state index in [1.54, 1.807) is 72.7 Å². The number of aryl methyl sites for hydroxylation is 1. The summed E-state index contributed by atoms with van der Waals surface area (Å²) in [7, 11) is 1.87. The van der Waals surface area contributed by atoms with Gasteiger partial charge in [-0.05, 0) is 151 Å². The Morgan fingerprint density at radius 2 is 0.744 bits per heavy atom. The van der Waals surface area contributed by atoms with Crippen molar-refractivity contribution in [2.75, 3.05) is 159 Å². The summed E-state index contributed by atoms with van der Waals surface area (Å²) in [5, 5.41) is 21.7. The zero-order valence-corrected chi connectivity index (χ0v) is 74.8. The van der Waals surface area contributed by atoms with E-state index in [1.807, 2.05) is 37.8 Å². The van der Waals surface area contributed by atoms with E-state index in [0.717, 1.165) is 309 Å². The Balaban J connectivity index is 0.000000119. The molecule has 12 aromatic rings. The molecule has 8 fully saturated rings. The summed E-state index contributed by atoms with van der Waals surface area (Å²) < 4.78 is 55.1. The third kappa shape index (κ3) is 23.8. The number of fused-ring (bicyclic) bond motifs is 4. The highest BCUT2D eigenvalue weighted by Crippen LogP contribution is 2.40. The highest BCUT2D eigenvalue weighted by molar-refractivity contribution is 5.93. The van der Waals surface area contributed by atoms with Gasteiger partial charge in [-0.15, -0.1) is 0 Å². The molecule has 4 aliphatic carbocycles. The summed E-state index contributed by atoms with van der Waals surface area (Å²) in [5.74, 6) is 3.86. The molecule has 2 amide bonds. The molecule has 694 valence electrons. The Hall–Kier alpha value is -13.3. The Kier molecular flexibility index (Phi) is 30.1. The lowest BCUT2D eigenvalue weighted by atomic mass is 9.86. The molecular weight excluding hydrogens is 1700 g/mol. The third-order valence-electron chi connectivity index (χ3n) is 25.7. The first-order valence-corrected chi connectivity index (χ1v) is 46.5. The van der Waals surface area contributed by atoms with E-state index in [-0.39, 0.29) is 59.7 Å². The Bertz CT molecular complexity index is 5900. The smallest absolute Gasteiger partial charge is 0.338 e. The van der Waals surface area contributed by atoms with Crippen LogP contribution in [0.1, 0.15) is 125 Å². The summed E-state index contributed by atoms with van der Waals surface area (Å²) in [5.41, 5.74) is 14.0. The van der Waals surface area contributed by atoms with Crippen LogP contribution in [-0.4, -0.2) is 252 Å². The van der Waals surface area contributed by atoms with E-state index in [2.05, 4.69) is 165 Å². The number of pyridine rings is 1. The largest absolute Gasteiger partial charge is 0.488 e. The van der Waals surface area contributed by atoms with Crippen LogP contribution in [0, 0.1) is 11.8 Å². The van der Waals surface area contributed by atoms with E-state index < -0.39 is 5.97 Å². The SMILES string of the molecule is C1=C(c2cnc(NC3CCC(Oc4cc(N5CCOCC5)cc5nccnc45)CC3)nc2)CCOC1.Cn1ccnc1NC(=O)C1CCC(Oc2cc(N3CCOCC3)cc3nccnc23)CC1.O=C(Nc1cccnc1)C1CCC(Oc2cc(N3CCOCC3)cc3nccnc23)CC1.O=C(O)c1cnc(NC2CCC(Oc3cc(N4CCOCC4)cc4nccnc34)CC2)nc1. The standard InChI is InChI=1S/C27H32N6O3.C24H27N5O3.C23H26N6O4.C23H28N6O3/c1-3-23(4-2-21(1)32-27-30-17-20(18-31-27)19-5-11-34-12-6-19)36-25-16-22(33-9-13-35-14-10-33)15-24-26(25)29-8-7-28-24;30-24(28-18-2-1-7-25-16-18)17-3-5-20(6-4-17)32-22-15-19(29-10-12-31-13-11-29)14-21-23(22)27-9-8-26-21;30-22(31)15-13-26-23(27-14-15)28-16-1-3-18(4-2-16)33-20-12-17(29-7-9-32-10-8-29)11-19-21(20)25-6-5-24-19;1-28-9-8-26-23(28)27-22(30)16-2-4-18(5-3-16)32-20-15-17(29-10-12-31-13-11-29)14-19-21(20)25-7-6-24-19/h5,7-8,15-18,21,23H,1-4,6,9-14H2,(H,30,31,32);1-2,7-9,14-17,20H,3-6,10-13H2,(H,28,30);5-6,11-14,16,18H,1-4,7-10H2,(H,30,31)(H,26,27,28);6-9,14-16,18H,2-5,10-13H2,1H3,(H,26,27,30). The number of hydrogen-bond acceptors (Lipinski definition) is 32. The number of anilines is 8. The number of aromatic carboxylic acids is 1. The van der Waals surface area contributed by atoms with Gasteiger partial charge >= 0.3 is 5.97 Å². The van der Waals surface area contributed by atoms with Crippen molar-refractivity contribution in [1.82, 2.24) is 74.3 Å². The second kappa shape index (κ2) is 44.3. The fourth-order valence-corrected chi connectivity index (χ4v) is 18.4. The van der Waals surface area contributed by atoms with Gasteiger partial charge < -0.3 is 87.9 Å². The van der Waals surface area contributed by atoms with E-state index in [0.29, 0.717) is 43.7 Å². The van der Waals surface area contributed by atoms with Gasteiger partial charge in [0.25, 0.3) is 0 Å². The predicted octanol–water partition coefficient (Wildman–Crippen LogP) is 12.8. The highest BCUT2D eigenvalue weighted by Gasteiger charge is 2.33. The zero-order valence-electron chi connectivity index (χ0n) is 74.8. The molecule has 8 aromatic heterocycles. The number of ether oxygens (including phenoxy) is 9. The van der Waals surface area contributed by atoms with Crippen LogP contribution < -0.4 is 59.8 Å². The van der Waals surface area contributed by atoms with Crippen molar-refractivity contribution in [2.45, 2.75) is 146 Å². The van der Waals surface area contributed by atoms with Crippen molar-refractivity contribution in [3.05, 3.63) is 177 Å². The molecule has 133 heavy (non-hydrogen) atoms. The lowest BCUT2D eigenvalue weighted by Crippen LogP contribution is -2.36. The number of imidazole rings is 1. The maximum atomic E-state index is 12.6. The van der Waals surface area contributed by atoms with E-state index in [4.69, 9.17) is 47.7 Å². The molecule has 4 aromatic carbocycles. The molecule has 4 saturated heterocycles. The van der Waals surface area contributed by atoms with Crippen LogP contribution in [0.5, 0.6) is 23.0 Å². The molecule has 13 heterocycles. The molecule has 5 aliphatic heterocycles. The number of nitrogens with one attached hydrogen (secondary N) is 4. The number of aromatic nitrogens is 15. The summed E-state index contributed by atoms with van der Waals surface area (Å²) in [6, 6.07) is 20.9. The molecule has 0 unspecified atom stereocenters. The second-order valence-electron chi connectivity index (χ2n) is 34.6. The van der Waals surface area contributed by atoms with Crippen LogP contribution >= 0.6 is 0 Å². The van der Waals surface area contributed by atoms with Crippen LogP contribution in [0.4, 0.5) is 46.3 Å². The molecule has 0 bridgehead atoms. The minimum absolute atomic E-state index is 0.00808. The molecule has 0 radical (unpaired) electrons. The summed E-state index contributed by atoms with van der Waals surface area (Å²) >= 11 is 0. The van der Waals surface area contributed by atoms with Crippen LogP contribution in [0.3, 0.4) is 0 Å². The van der Waals surface area contributed by atoms with Gasteiger partial charge in [-0.1, -0.05) is 6.08 Å². The van der Waals surface area contributed by atoms with Crippen molar-refractivity contribution < 1.29 is 62.1 Å². The topological polar surface area (TPSA) is 401 Å². The Labute approximate surface area is 770 Å². The van der Waals surface area contributed by atoms with Gasteiger partial charge in [0.1, 0.15) is 45.1 Å². The maximum absolute atomic E-state index is 12.6. The predicted molar refractivity (Wildman–Crippen MR) is 503 cm³/mol. The van der Waals surface area contributed by atoms with E-state index >= 15 is 0 Å². The van der Waals surface area contributed by atoms with Crippen molar-refractivity contribution in [1.29, 1.82) is 0 Å². The van der Waals surface area contributed by atoms with E-state index in [1.165, 1.54) is 18.0 Å². The minimum Gasteiger partial charge on any atom is -0.488 e. The third-order valence-corrected chi connectivity index (χ3v) is 25.7. The molecule has 0 spiro atoms. The number of carbonyl (C=O) groups excluding carboxylic acids is 2. The van der Waals surface area contributed by atoms with Crippen LogP contribution in [-0.2, 0) is 40.3 Å². The zero-order chi connectivity index (χ0) is 90.4. The average Bonchev–Trinajstić information content (AvgIpc) is 1.03. The first-order chi connectivity index (χ1) is 65.4. The number of rotatable bonds is 22. The molecular formula is C97H113N23O13. The summed E-state index contributed by atoms with van der Waals surface area (Å²) in [6.45, 7) is 14.1. The number of morpholine rings is 4. The number of carboxylic acids is 1. The fraction of sp³-hybridized carbons (Fsp3) is 0.454. The minimum atomic E-state index is -1.03. The van der Waals surface area contributed by atoms with Gasteiger partial charge in [-0.3, -0.25) is 39.8 Å². The number of amides is 2. The number of carbonyl (C=O) groups is 3. The molecule has 21 rings (SSSR count). The number of benzene rings is 4. The first kappa shape index (κ1) is 90.3. The van der Waals surface area contributed by atoms with Crippen LogP contribution in [0.25, 0.3) is 49.7 Å². The van der Waals surface area contributed by atoms with Gasteiger partial charge in [0.2, 0.25) is 29.7 Å². The Morgan fingerprint density at radius 1 is 0.383 bits per heavy atom. The molecule has 9 aliphatic rings. The molecule has 5 N–H and O–H groups in total. The van der Waals surface area contributed by atoms with E-state index in [9.17, 15) is 14.4 Å². The van der Waals surface area contributed by atoms with Gasteiger partial charge in [-0.25, -0.2) is 49.7 Å². The van der Waals surface area contributed by atoms with Crippen molar-refractivity contribution in [3.8, 4) is 23.0 Å². The molecule has 36 nitrogen and oxygen atoms in total. The first-order valence-electron chi connectivity index (χ1n) is 46.5. The number of hydrogen-bond donors (Lipinski definition) is 5. The van der Waals surface area contributed by atoms with Crippen molar-refractivity contribution in [3.63, 3.8) is 0 Å². The van der Waals surface area contributed by atoms with Crippen molar-refractivity contribution in [2.24, 2.45) is 18.9 Å². The van der Waals surface area contributed by atoms with Gasteiger partial charge in [0, 0.05) is 229 Å². The molecule has 36 heteroatoms. The Morgan fingerprint density at radius 3 is 1.08 bits per heavy atom. The monoisotopic (exact) mass is 1810 g/mol. The molecule has 0 atom stereocenters. The number of nitrogens with zero attached hydrogens (tertiary/aromatic N) is 19. The summed E-state index contributed by atoms with van der Waals surface area (Å²) in [4.78, 5) is 107. The highest BCUT2D eigenvalue weighted by atomic mass is 16.5. The van der Waals surface area contributed by atoms with Crippen LogP contribution in [0.15, 0.2) is 166 Å². The normalized spacial score (nSPS) is 21.7. The molecule has 4 saturated carbocycles. The second-order valence-corrected chi connectivity index (χ2v) is 34.6. The maximum Gasteiger partial charge on any atom is 0.338 e. The van der Waals surface area contributed by atoms with Gasteiger partial charge in [0.15, 0.2) is 0 Å². The fourth-order valence-electron chi connectivity index (χ4n) is 18.4. The summed E-state index contributed by atoms with van der Waals surface area (Å²) in [6.07, 6.45) is 44.4. The van der Waals surface area contributed by atoms with Crippen LogP contribution in [0.2, 0.25) is 0 Å². The quantitative estimate of drug-likeness (QED) is 0.0421. The lowest BCUT2D eigenvalue weighted by molar-refractivity contribution is -0.122. The average molecular weight is 1810 g/mol. The van der Waals surface area contributed by atoms with Gasteiger partial charge in [0.05, 0.1) is 130 Å². The van der Waals surface area contributed by atoms with Crippen molar-refractivity contribution >= 4 is 114 Å².